The second kappa shape index (κ2) is 7.23. The fourth-order valence-electron chi connectivity index (χ4n) is 3.67. The number of carbonyl (C=O) groups excluding carboxylic acids is 1. The molecule has 1 fully saturated rings. The van der Waals surface area contributed by atoms with Gasteiger partial charge in [-0.25, -0.2) is 14.0 Å². The molecule has 0 N–H and O–H groups in total. The molecule has 0 unspecified atom stereocenters. The van der Waals surface area contributed by atoms with E-state index in [4.69, 9.17) is 0 Å². The van der Waals surface area contributed by atoms with E-state index < -0.39 is 0 Å². The highest BCUT2D eigenvalue weighted by molar-refractivity contribution is 5.94. The summed E-state index contributed by atoms with van der Waals surface area (Å²) in [7, 11) is 1.68. The van der Waals surface area contributed by atoms with Crippen LogP contribution in [0.5, 0.6) is 0 Å². The number of amides is 1. The fourth-order valence-corrected chi connectivity index (χ4v) is 3.67. The Morgan fingerprint density at radius 3 is 2.19 bits per heavy atom. The number of benzene rings is 2. The van der Waals surface area contributed by atoms with Gasteiger partial charge in [-0.1, -0.05) is 36.4 Å². The maximum Gasteiger partial charge on any atom is 0.350 e. The molecule has 2 aromatic carbocycles. The van der Waals surface area contributed by atoms with E-state index in [1.165, 1.54) is 4.68 Å². The Hall–Kier alpha value is -3.15. The molecule has 6 nitrogen and oxygen atoms in total. The van der Waals surface area contributed by atoms with Crippen molar-refractivity contribution in [2.24, 2.45) is 7.05 Å². The van der Waals surface area contributed by atoms with Crippen LogP contribution in [-0.4, -0.2) is 38.2 Å². The van der Waals surface area contributed by atoms with Crippen LogP contribution >= 0.6 is 0 Å². The van der Waals surface area contributed by atoms with Crippen LogP contribution in [0, 0.1) is 0 Å². The molecule has 3 aromatic rings. The highest BCUT2D eigenvalue weighted by Gasteiger charge is 2.29. The Balaban J connectivity index is 1.55. The summed E-state index contributed by atoms with van der Waals surface area (Å²) in [5, 5.41) is 4.50. The molecule has 27 heavy (non-hydrogen) atoms. The van der Waals surface area contributed by atoms with Crippen molar-refractivity contribution < 1.29 is 4.79 Å². The first-order chi connectivity index (χ1) is 13.1. The van der Waals surface area contributed by atoms with E-state index in [2.05, 4.69) is 5.10 Å². The Morgan fingerprint density at radius 1 is 0.963 bits per heavy atom. The third-order valence-corrected chi connectivity index (χ3v) is 5.13. The van der Waals surface area contributed by atoms with Crippen LogP contribution in [0.2, 0.25) is 0 Å². The first-order valence-electron chi connectivity index (χ1n) is 9.21. The van der Waals surface area contributed by atoms with Crippen LogP contribution in [0.1, 0.15) is 34.9 Å². The van der Waals surface area contributed by atoms with Gasteiger partial charge in [0.15, 0.2) is 0 Å². The highest BCUT2D eigenvalue weighted by Crippen LogP contribution is 2.28. The normalized spacial score (nSPS) is 15.1. The van der Waals surface area contributed by atoms with Gasteiger partial charge < -0.3 is 4.90 Å². The Morgan fingerprint density at radius 2 is 1.56 bits per heavy atom. The van der Waals surface area contributed by atoms with Crippen LogP contribution in [0.3, 0.4) is 0 Å². The lowest BCUT2D eigenvalue weighted by Gasteiger charge is -2.31. The largest absolute Gasteiger partial charge is 0.350 e. The smallest absolute Gasteiger partial charge is 0.339 e. The summed E-state index contributed by atoms with van der Waals surface area (Å²) in [6.07, 6.45) is 1.59. The van der Waals surface area contributed by atoms with E-state index in [1.807, 2.05) is 65.6 Å². The number of rotatable bonds is 3. The average molecular weight is 362 g/mol. The summed E-state index contributed by atoms with van der Waals surface area (Å²) in [5.74, 6) is 0.995. The quantitative estimate of drug-likeness (QED) is 0.720. The number of carbonyl (C=O) groups is 1. The molecule has 0 aliphatic carbocycles. The van der Waals surface area contributed by atoms with E-state index >= 15 is 0 Å². The number of piperidine rings is 1. The van der Waals surface area contributed by atoms with Crippen molar-refractivity contribution in [3.8, 4) is 5.69 Å². The number of nitrogens with zero attached hydrogens (tertiary/aromatic N) is 4. The lowest BCUT2D eigenvalue weighted by Crippen LogP contribution is -2.38. The van der Waals surface area contributed by atoms with Gasteiger partial charge in [-0.15, -0.1) is 0 Å². The van der Waals surface area contributed by atoms with Crippen molar-refractivity contribution in [2.75, 3.05) is 13.1 Å². The summed E-state index contributed by atoms with van der Waals surface area (Å²) < 4.78 is 3.09. The molecule has 138 valence electrons. The lowest BCUT2D eigenvalue weighted by molar-refractivity contribution is 0.0710. The highest BCUT2D eigenvalue weighted by atomic mass is 16.2. The second-order valence-corrected chi connectivity index (χ2v) is 6.87. The first kappa shape index (κ1) is 17.3. The minimum Gasteiger partial charge on any atom is -0.339 e. The molecule has 1 saturated heterocycles. The topological polar surface area (TPSA) is 60.1 Å². The van der Waals surface area contributed by atoms with Crippen molar-refractivity contribution in [1.29, 1.82) is 0 Å². The van der Waals surface area contributed by atoms with E-state index in [0.29, 0.717) is 13.1 Å². The summed E-state index contributed by atoms with van der Waals surface area (Å²) in [4.78, 5) is 27.1. The Labute approximate surface area is 157 Å². The van der Waals surface area contributed by atoms with Gasteiger partial charge in [0.25, 0.3) is 5.91 Å². The van der Waals surface area contributed by atoms with Crippen molar-refractivity contribution >= 4 is 5.91 Å². The zero-order valence-corrected chi connectivity index (χ0v) is 15.3. The molecular weight excluding hydrogens is 340 g/mol. The molecule has 0 saturated carbocycles. The van der Waals surface area contributed by atoms with E-state index in [0.717, 1.165) is 29.9 Å². The molecule has 0 atom stereocenters. The number of likely N-dealkylation sites (tertiary alicyclic amines) is 1. The predicted molar refractivity (Wildman–Crippen MR) is 103 cm³/mol. The van der Waals surface area contributed by atoms with Crippen molar-refractivity contribution in [3.05, 3.63) is 82.5 Å². The maximum absolute atomic E-state index is 12.6. The fraction of sp³-hybridized carbons (Fsp3) is 0.286. The summed E-state index contributed by atoms with van der Waals surface area (Å²) in [6, 6.07) is 19.0. The van der Waals surface area contributed by atoms with Crippen LogP contribution in [-0.2, 0) is 7.05 Å². The molecule has 0 radical (unpaired) electrons. The number of hydrogen-bond acceptors (Lipinski definition) is 3. The molecule has 2 heterocycles. The zero-order chi connectivity index (χ0) is 18.8. The monoisotopic (exact) mass is 362 g/mol. The summed E-state index contributed by atoms with van der Waals surface area (Å²) in [5.41, 5.74) is 1.40. The van der Waals surface area contributed by atoms with Gasteiger partial charge in [0, 0.05) is 31.6 Å². The average Bonchev–Trinajstić information content (AvgIpc) is 3.03. The Kier molecular flexibility index (Phi) is 4.62. The molecule has 1 aromatic heterocycles. The van der Waals surface area contributed by atoms with Crippen LogP contribution < -0.4 is 5.69 Å². The molecule has 4 rings (SSSR count). The van der Waals surface area contributed by atoms with Crippen molar-refractivity contribution in [3.63, 3.8) is 0 Å². The lowest BCUT2D eigenvalue weighted by atomic mass is 9.95. The molecule has 1 amide bonds. The third-order valence-electron chi connectivity index (χ3n) is 5.13. The number of aromatic nitrogens is 3. The minimum atomic E-state index is -0.140. The first-order valence-corrected chi connectivity index (χ1v) is 9.21. The minimum absolute atomic E-state index is 0.0653. The third kappa shape index (κ3) is 3.30. The van der Waals surface area contributed by atoms with Gasteiger partial charge in [0.05, 0.1) is 5.69 Å². The van der Waals surface area contributed by atoms with E-state index in [1.54, 1.807) is 11.6 Å². The maximum atomic E-state index is 12.6. The molecule has 0 spiro atoms. The van der Waals surface area contributed by atoms with Gasteiger partial charge in [0.2, 0.25) is 0 Å². The van der Waals surface area contributed by atoms with Crippen molar-refractivity contribution in [1.82, 2.24) is 19.2 Å². The SMILES string of the molecule is Cn1nc(C2CCN(C(=O)c3ccccc3)CC2)n(-c2ccccc2)c1=O. The number of aryl methyl sites for hydroxylation is 1. The van der Waals surface area contributed by atoms with Gasteiger partial charge in [0.1, 0.15) is 5.82 Å². The molecule has 1 aliphatic heterocycles. The van der Waals surface area contributed by atoms with Gasteiger partial charge in [-0.3, -0.25) is 4.79 Å². The van der Waals surface area contributed by atoms with Crippen LogP contribution in [0.15, 0.2) is 65.5 Å². The van der Waals surface area contributed by atoms with Crippen LogP contribution in [0.4, 0.5) is 0 Å². The van der Waals surface area contributed by atoms with E-state index in [9.17, 15) is 9.59 Å². The summed E-state index contributed by atoms with van der Waals surface area (Å²) in [6.45, 7) is 1.33. The molecular formula is C21H22N4O2. The van der Waals surface area contributed by atoms with Gasteiger partial charge in [-0.2, -0.15) is 5.10 Å². The van der Waals surface area contributed by atoms with Crippen molar-refractivity contribution in [2.45, 2.75) is 18.8 Å². The summed E-state index contributed by atoms with van der Waals surface area (Å²) >= 11 is 0. The van der Waals surface area contributed by atoms with E-state index in [-0.39, 0.29) is 17.5 Å². The standard InChI is InChI=1S/C21H22N4O2/c1-23-21(27)25(18-10-6-3-7-11-18)19(22-23)16-12-14-24(15-13-16)20(26)17-8-4-2-5-9-17/h2-11,16H,12-15H2,1H3. The number of para-hydroxylation sites is 1. The molecule has 1 aliphatic rings. The molecule has 6 heteroatoms. The van der Waals surface area contributed by atoms with Crippen LogP contribution in [0.25, 0.3) is 5.69 Å². The predicted octanol–water partition coefficient (Wildman–Crippen LogP) is 2.59. The second-order valence-electron chi connectivity index (χ2n) is 6.87. The zero-order valence-electron chi connectivity index (χ0n) is 15.3. The Bertz CT molecular complexity index is 984. The number of hydrogen-bond donors (Lipinski definition) is 0. The van der Waals surface area contributed by atoms with Gasteiger partial charge >= 0.3 is 5.69 Å². The van der Waals surface area contributed by atoms with Gasteiger partial charge in [-0.05, 0) is 37.1 Å². The molecule has 0 bridgehead atoms.